The Morgan fingerprint density at radius 3 is 2.54 bits per heavy atom. The maximum Gasteiger partial charge on any atom is 0.251 e. The molecule has 0 bridgehead atoms. The van der Waals surface area contributed by atoms with Gasteiger partial charge in [0.15, 0.2) is 0 Å². The van der Waals surface area contributed by atoms with Crippen molar-refractivity contribution in [2.75, 3.05) is 6.54 Å². The zero-order valence-electron chi connectivity index (χ0n) is 15.1. The van der Waals surface area contributed by atoms with Gasteiger partial charge in [-0.25, -0.2) is 13.1 Å². The molecule has 2 aromatic rings. The Morgan fingerprint density at radius 2 is 1.93 bits per heavy atom. The molecule has 0 aliphatic carbocycles. The highest BCUT2D eigenvalue weighted by atomic mass is 32.2. The molecule has 0 saturated heterocycles. The summed E-state index contributed by atoms with van der Waals surface area (Å²) in [5.41, 5.74) is 0.210. The van der Waals surface area contributed by atoms with E-state index in [4.69, 9.17) is 9.68 Å². The maximum atomic E-state index is 12.3. The highest BCUT2D eigenvalue weighted by molar-refractivity contribution is 7.89. The normalized spacial score (nSPS) is 12.0. The minimum atomic E-state index is -3.75. The Labute approximate surface area is 162 Å². The van der Waals surface area contributed by atoms with E-state index in [0.29, 0.717) is 5.76 Å². The molecule has 1 heterocycles. The summed E-state index contributed by atoms with van der Waals surface area (Å²) in [4.78, 5) is 24.3. The maximum absolute atomic E-state index is 12.3. The molecule has 1 atom stereocenters. The number of benzene rings is 1. The highest BCUT2D eigenvalue weighted by Gasteiger charge is 2.18. The molecule has 1 unspecified atom stereocenters. The van der Waals surface area contributed by atoms with E-state index >= 15 is 0 Å². The average molecular weight is 404 g/mol. The van der Waals surface area contributed by atoms with Crippen molar-refractivity contribution in [2.45, 2.75) is 30.8 Å². The van der Waals surface area contributed by atoms with Crippen LogP contribution in [0.2, 0.25) is 0 Å². The van der Waals surface area contributed by atoms with E-state index in [1.54, 1.807) is 12.1 Å². The van der Waals surface area contributed by atoms with Crippen molar-refractivity contribution >= 4 is 21.8 Å². The summed E-state index contributed by atoms with van der Waals surface area (Å²) >= 11 is 0. The van der Waals surface area contributed by atoms with Crippen molar-refractivity contribution in [2.24, 2.45) is 0 Å². The van der Waals surface area contributed by atoms with Gasteiger partial charge in [0.25, 0.3) is 5.91 Å². The first kappa shape index (κ1) is 21.1. The first-order valence-corrected chi connectivity index (χ1v) is 9.89. The first-order chi connectivity index (χ1) is 13.3. The van der Waals surface area contributed by atoms with Gasteiger partial charge in [-0.1, -0.05) is 0 Å². The molecule has 0 spiro atoms. The lowest BCUT2D eigenvalue weighted by atomic mass is 10.2. The predicted molar refractivity (Wildman–Crippen MR) is 99.3 cm³/mol. The fourth-order valence-electron chi connectivity index (χ4n) is 2.20. The summed E-state index contributed by atoms with van der Waals surface area (Å²) in [5, 5.41) is 13.6. The van der Waals surface area contributed by atoms with Crippen LogP contribution in [0.5, 0.6) is 0 Å². The van der Waals surface area contributed by atoms with Crippen LogP contribution in [0.15, 0.2) is 52.0 Å². The Hall–Kier alpha value is -3.16. The standard InChI is InChI=1S/C18H20N4O5S/c1-13(17(23)20-12-15-4-2-11-27-15)22-18(24)14-5-7-16(8-6-14)28(25,26)21-10-3-9-19/h2,4-8,11,13,21H,3,10,12H2,1H3,(H,20,23)(H,22,24). The van der Waals surface area contributed by atoms with Gasteiger partial charge in [-0.15, -0.1) is 0 Å². The molecular weight excluding hydrogens is 384 g/mol. The summed E-state index contributed by atoms with van der Waals surface area (Å²) in [6, 6.07) is 9.73. The van der Waals surface area contributed by atoms with Crippen molar-refractivity contribution in [3.8, 4) is 6.07 Å². The molecule has 10 heteroatoms. The number of nitrogens with one attached hydrogen (secondary N) is 3. The third-order valence-electron chi connectivity index (χ3n) is 3.71. The van der Waals surface area contributed by atoms with Gasteiger partial charge in [-0.05, 0) is 43.3 Å². The largest absolute Gasteiger partial charge is 0.467 e. The molecule has 28 heavy (non-hydrogen) atoms. The summed E-state index contributed by atoms with van der Waals surface area (Å²) < 4.78 is 31.5. The second kappa shape index (κ2) is 9.68. The van der Waals surface area contributed by atoms with Crippen LogP contribution in [-0.2, 0) is 21.4 Å². The van der Waals surface area contributed by atoms with Gasteiger partial charge in [0.1, 0.15) is 11.8 Å². The van der Waals surface area contributed by atoms with Crippen LogP contribution in [0.25, 0.3) is 0 Å². The minimum absolute atomic E-state index is 0.00566. The van der Waals surface area contributed by atoms with Crippen molar-refractivity contribution in [3.63, 3.8) is 0 Å². The van der Waals surface area contributed by atoms with E-state index in [0.717, 1.165) is 0 Å². The van der Waals surface area contributed by atoms with Crippen LogP contribution < -0.4 is 15.4 Å². The van der Waals surface area contributed by atoms with Gasteiger partial charge in [-0.2, -0.15) is 5.26 Å². The zero-order valence-corrected chi connectivity index (χ0v) is 16.0. The number of nitrogens with zero attached hydrogens (tertiary/aromatic N) is 1. The molecule has 0 saturated carbocycles. The van der Waals surface area contributed by atoms with E-state index < -0.39 is 22.0 Å². The molecule has 0 aliphatic rings. The third kappa shape index (κ3) is 5.94. The van der Waals surface area contributed by atoms with Crippen LogP contribution in [0, 0.1) is 11.3 Å². The number of rotatable bonds is 9. The number of carbonyl (C=O) groups excluding carboxylic acids is 2. The summed E-state index contributed by atoms with van der Waals surface area (Å²) in [5.74, 6) is -0.306. The van der Waals surface area contributed by atoms with Crippen molar-refractivity contribution in [1.29, 1.82) is 5.26 Å². The monoisotopic (exact) mass is 404 g/mol. The van der Waals surface area contributed by atoms with Gasteiger partial charge in [0.2, 0.25) is 15.9 Å². The first-order valence-electron chi connectivity index (χ1n) is 8.41. The van der Waals surface area contributed by atoms with E-state index in [9.17, 15) is 18.0 Å². The van der Waals surface area contributed by atoms with Crippen LogP contribution in [-0.4, -0.2) is 32.8 Å². The molecule has 9 nitrogen and oxygen atoms in total. The summed E-state index contributed by atoms with van der Waals surface area (Å²) in [6.07, 6.45) is 1.55. The Bertz CT molecular complexity index is 947. The SMILES string of the molecule is CC(NC(=O)c1ccc(S(=O)(=O)NCCC#N)cc1)C(=O)NCc1ccco1. The van der Waals surface area contributed by atoms with Crippen molar-refractivity contribution < 1.29 is 22.4 Å². The van der Waals surface area contributed by atoms with Crippen molar-refractivity contribution in [3.05, 3.63) is 54.0 Å². The van der Waals surface area contributed by atoms with Gasteiger partial charge in [0, 0.05) is 18.5 Å². The lowest BCUT2D eigenvalue weighted by Gasteiger charge is -2.14. The van der Waals surface area contributed by atoms with E-state index in [-0.39, 0.29) is 35.9 Å². The van der Waals surface area contributed by atoms with E-state index in [2.05, 4.69) is 15.4 Å². The van der Waals surface area contributed by atoms with Gasteiger partial charge in [-0.3, -0.25) is 9.59 Å². The molecule has 0 radical (unpaired) electrons. The number of sulfonamides is 1. The Morgan fingerprint density at radius 1 is 1.21 bits per heavy atom. The smallest absolute Gasteiger partial charge is 0.251 e. The van der Waals surface area contributed by atoms with Crippen LogP contribution in [0.1, 0.15) is 29.5 Å². The predicted octanol–water partition coefficient (Wildman–Crippen LogP) is 0.906. The molecule has 3 N–H and O–H groups in total. The Balaban J connectivity index is 1.91. The molecule has 1 aromatic heterocycles. The van der Waals surface area contributed by atoms with E-state index in [1.165, 1.54) is 37.5 Å². The number of furan rings is 1. The van der Waals surface area contributed by atoms with Crippen molar-refractivity contribution in [1.82, 2.24) is 15.4 Å². The number of hydrogen-bond donors (Lipinski definition) is 3. The highest BCUT2D eigenvalue weighted by Crippen LogP contribution is 2.11. The molecule has 148 valence electrons. The molecule has 1 aromatic carbocycles. The number of hydrogen-bond acceptors (Lipinski definition) is 6. The van der Waals surface area contributed by atoms with Crippen LogP contribution in [0.3, 0.4) is 0 Å². The molecular formula is C18H20N4O5S. The van der Waals surface area contributed by atoms with E-state index in [1.807, 2.05) is 6.07 Å². The number of nitriles is 1. The zero-order chi connectivity index (χ0) is 20.6. The lowest BCUT2D eigenvalue weighted by molar-refractivity contribution is -0.122. The summed E-state index contributed by atoms with van der Waals surface area (Å²) in [7, 11) is -3.75. The number of amides is 2. The van der Waals surface area contributed by atoms with Gasteiger partial charge in [0.05, 0.1) is 23.8 Å². The second-order valence-corrected chi connectivity index (χ2v) is 7.59. The summed E-state index contributed by atoms with van der Waals surface area (Å²) in [6.45, 7) is 1.75. The quantitative estimate of drug-likeness (QED) is 0.530. The van der Waals surface area contributed by atoms with Crippen LogP contribution in [0.4, 0.5) is 0 Å². The Kier molecular flexibility index (Phi) is 7.31. The molecule has 2 rings (SSSR count). The average Bonchev–Trinajstić information content (AvgIpc) is 3.19. The lowest BCUT2D eigenvalue weighted by Crippen LogP contribution is -2.44. The van der Waals surface area contributed by atoms with Crippen LogP contribution >= 0.6 is 0 Å². The molecule has 2 amide bonds. The third-order valence-corrected chi connectivity index (χ3v) is 5.19. The molecule has 0 fully saturated rings. The second-order valence-electron chi connectivity index (χ2n) is 5.82. The fourth-order valence-corrected chi connectivity index (χ4v) is 3.23. The number of carbonyl (C=O) groups is 2. The molecule has 0 aliphatic heterocycles. The van der Waals surface area contributed by atoms with Gasteiger partial charge >= 0.3 is 0 Å². The topological polar surface area (TPSA) is 141 Å². The van der Waals surface area contributed by atoms with Gasteiger partial charge < -0.3 is 15.1 Å². The fraction of sp³-hybridized carbons (Fsp3) is 0.278. The minimum Gasteiger partial charge on any atom is -0.467 e.